The van der Waals surface area contributed by atoms with Gasteiger partial charge < -0.3 is 14.8 Å². The molecule has 1 rings (SSSR count). The summed E-state index contributed by atoms with van der Waals surface area (Å²) in [5.41, 5.74) is 2.22. The molecule has 0 radical (unpaired) electrons. The molecule has 0 fully saturated rings. The molecule has 4 nitrogen and oxygen atoms in total. The normalized spacial score (nSPS) is 11.7. The molecule has 0 heterocycles. The predicted molar refractivity (Wildman–Crippen MR) is 71.9 cm³/mol. The van der Waals surface area contributed by atoms with Gasteiger partial charge in [-0.15, -0.1) is 0 Å². The molecule has 0 aliphatic carbocycles. The van der Waals surface area contributed by atoms with Gasteiger partial charge in [-0.2, -0.15) is 5.26 Å². The van der Waals surface area contributed by atoms with Crippen LogP contribution in [0.2, 0.25) is 0 Å². The lowest BCUT2D eigenvalue weighted by molar-refractivity contribution is 0.111. The molecule has 0 spiro atoms. The van der Waals surface area contributed by atoms with Crippen LogP contribution in [0.25, 0.3) is 0 Å². The van der Waals surface area contributed by atoms with Crippen molar-refractivity contribution in [1.82, 2.24) is 0 Å². The Labute approximate surface area is 109 Å². The number of ether oxygens (including phenoxy) is 2. The van der Waals surface area contributed by atoms with Crippen LogP contribution >= 0.6 is 0 Å². The minimum Gasteiger partial charge on any atom is -0.495 e. The first kappa shape index (κ1) is 14.3. The second-order valence-electron chi connectivity index (χ2n) is 3.92. The van der Waals surface area contributed by atoms with Crippen LogP contribution in [0.1, 0.15) is 19.4 Å². The number of nitriles is 1. The Morgan fingerprint density at radius 1 is 1.44 bits per heavy atom. The van der Waals surface area contributed by atoms with Crippen LogP contribution < -0.4 is 10.1 Å². The second kappa shape index (κ2) is 7.57. The molecular weight excluding hydrogens is 228 g/mol. The van der Waals surface area contributed by atoms with Gasteiger partial charge in [-0.25, -0.2) is 0 Å². The Morgan fingerprint density at radius 3 is 2.83 bits per heavy atom. The van der Waals surface area contributed by atoms with Crippen molar-refractivity contribution in [2.75, 3.05) is 25.6 Å². The number of rotatable bonds is 7. The molecule has 0 saturated heterocycles. The molecule has 1 unspecified atom stereocenters. The first-order chi connectivity index (χ1) is 8.72. The van der Waals surface area contributed by atoms with E-state index in [1.54, 1.807) is 14.0 Å². The minimum atomic E-state index is -0.366. The maximum atomic E-state index is 8.60. The topological polar surface area (TPSA) is 54.3 Å². The van der Waals surface area contributed by atoms with Crippen molar-refractivity contribution in [2.45, 2.75) is 26.4 Å². The molecule has 0 aliphatic rings. The van der Waals surface area contributed by atoms with E-state index in [9.17, 15) is 0 Å². The summed E-state index contributed by atoms with van der Waals surface area (Å²) in [6.07, 6.45) is 0.574. The predicted octanol–water partition coefficient (Wildman–Crippen LogP) is 2.60. The van der Waals surface area contributed by atoms with Crippen LogP contribution in [-0.2, 0) is 11.2 Å². The van der Waals surface area contributed by atoms with Gasteiger partial charge in [0.1, 0.15) is 11.9 Å². The van der Waals surface area contributed by atoms with Crippen molar-refractivity contribution < 1.29 is 9.47 Å². The van der Waals surface area contributed by atoms with Crippen LogP contribution in [-0.4, -0.2) is 26.4 Å². The number of hydrogen-bond donors (Lipinski definition) is 1. The number of anilines is 1. The molecule has 1 N–H and O–H groups in total. The fraction of sp³-hybridized carbons (Fsp3) is 0.500. The molecule has 4 heteroatoms. The van der Waals surface area contributed by atoms with Crippen LogP contribution in [0.5, 0.6) is 5.75 Å². The molecule has 98 valence electrons. The summed E-state index contributed by atoms with van der Waals surface area (Å²) in [5, 5.41) is 11.9. The van der Waals surface area contributed by atoms with Crippen molar-refractivity contribution in [3.63, 3.8) is 0 Å². The summed E-state index contributed by atoms with van der Waals surface area (Å²) >= 11 is 0. The highest BCUT2D eigenvalue weighted by Crippen LogP contribution is 2.28. The molecule has 0 amide bonds. The summed E-state index contributed by atoms with van der Waals surface area (Å²) < 4.78 is 10.6. The van der Waals surface area contributed by atoms with Gasteiger partial charge >= 0.3 is 0 Å². The number of benzene rings is 1. The molecule has 0 saturated carbocycles. The van der Waals surface area contributed by atoms with Crippen LogP contribution in [0.4, 0.5) is 5.69 Å². The molecule has 0 aromatic heterocycles. The molecule has 1 aromatic rings. The van der Waals surface area contributed by atoms with E-state index in [1.165, 1.54) is 5.56 Å². The summed E-state index contributed by atoms with van der Waals surface area (Å²) in [5.74, 6) is 0.836. The third-order valence-electron chi connectivity index (χ3n) is 2.67. The molecule has 18 heavy (non-hydrogen) atoms. The van der Waals surface area contributed by atoms with Gasteiger partial charge in [-0.05, 0) is 25.0 Å². The quantitative estimate of drug-likeness (QED) is 0.754. The lowest BCUT2D eigenvalue weighted by Crippen LogP contribution is -2.15. The van der Waals surface area contributed by atoms with E-state index in [1.807, 2.05) is 18.2 Å². The van der Waals surface area contributed by atoms with Gasteiger partial charge in [0.15, 0.2) is 0 Å². The highest BCUT2D eigenvalue weighted by atomic mass is 16.5. The van der Waals surface area contributed by atoms with E-state index in [0.29, 0.717) is 13.2 Å². The highest BCUT2D eigenvalue weighted by molar-refractivity contribution is 5.62. The Bertz CT molecular complexity index is 390. The van der Waals surface area contributed by atoms with Gasteiger partial charge in [0.2, 0.25) is 0 Å². The fourth-order valence-corrected chi connectivity index (χ4v) is 1.69. The summed E-state index contributed by atoms with van der Waals surface area (Å²) in [4.78, 5) is 0. The van der Waals surface area contributed by atoms with E-state index >= 15 is 0 Å². The zero-order valence-electron chi connectivity index (χ0n) is 11.2. The third-order valence-corrected chi connectivity index (χ3v) is 2.67. The second-order valence-corrected chi connectivity index (χ2v) is 3.92. The van der Waals surface area contributed by atoms with Crippen LogP contribution in [0.3, 0.4) is 0 Å². The number of nitrogens with zero attached hydrogens (tertiary/aromatic N) is 1. The largest absolute Gasteiger partial charge is 0.495 e. The maximum Gasteiger partial charge on any atom is 0.142 e. The molecule has 1 atom stereocenters. The van der Waals surface area contributed by atoms with Crippen molar-refractivity contribution >= 4 is 5.69 Å². The standard InChI is InChI=1S/C14H20N2O2/c1-4-12-6-5-7-13(17-3)14(12)16-8-9-18-11(2)10-15/h5-7,11,16H,4,8-9H2,1-3H3. The Morgan fingerprint density at radius 2 is 2.22 bits per heavy atom. The minimum absolute atomic E-state index is 0.366. The Balaban J connectivity index is 2.58. The van der Waals surface area contributed by atoms with Gasteiger partial charge in [0.05, 0.1) is 25.5 Å². The van der Waals surface area contributed by atoms with E-state index in [4.69, 9.17) is 14.7 Å². The number of nitrogens with one attached hydrogen (secondary N) is 1. The first-order valence-electron chi connectivity index (χ1n) is 6.13. The van der Waals surface area contributed by atoms with E-state index < -0.39 is 0 Å². The summed E-state index contributed by atoms with van der Waals surface area (Å²) in [7, 11) is 1.66. The van der Waals surface area contributed by atoms with E-state index in [0.717, 1.165) is 17.9 Å². The number of aryl methyl sites for hydroxylation is 1. The van der Waals surface area contributed by atoms with Crippen molar-refractivity contribution in [2.24, 2.45) is 0 Å². The number of hydrogen-bond acceptors (Lipinski definition) is 4. The van der Waals surface area contributed by atoms with Gasteiger partial charge in [0, 0.05) is 6.54 Å². The average molecular weight is 248 g/mol. The zero-order valence-corrected chi connectivity index (χ0v) is 11.2. The first-order valence-corrected chi connectivity index (χ1v) is 6.13. The van der Waals surface area contributed by atoms with Crippen LogP contribution in [0, 0.1) is 11.3 Å². The Hall–Kier alpha value is -1.73. The summed E-state index contributed by atoms with van der Waals surface area (Å²) in [6, 6.07) is 8.02. The Kier molecular flexibility index (Phi) is 6.03. The van der Waals surface area contributed by atoms with Gasteiger partial charge in [0.25, 0.3) is 0 Å². The van der Waals surface area contributed by atoms with E-state index in [-0.39, 0.29) is 6.10 Å². The smallest absolute Gasteiger partial charge is 0.142 e. The molecule has 1 aromatic carbocycles. The lowest BCUT2D eigenvalue weighted by Gasteiger charge is -2.15. The third kappa shape index (κ3) is 3.94. The maximum absolute atomic E-state index is 8.60. The monoisotopic (exact) mass is 248 g/mol. The molecule has 0 bridgehead atoms. The number of para-hydroxylation sites is 1. The highest BCUT2D eigenvalue weighted by Gasteiger charge is 2.07. The van der Waals surface area contributed by atoms with Gasteiger partial charge in [-0.3, -0.25) is 0 Å². The zero-order chi connectivity index (χ0) is 13.4. The average Bonchev–Trinajstić information content (AvgIpc) is 2.42. The SMILES string of the molecule is CCc1cccc(OC)c1NCCOC(C)C#N. The number of methoxy groups -OCH3 is 1. The molecular formula is C14H20N2O2. The van der Waals surface area contributed by atoms with Crippen molar-refractivity contribution in [1.29, 1.82) is 5.26 Å². The van der Waals surface area contributed by atoms with Crippen LogP contribution in [0.15, 0.2) is 18.2 Å². The van der Waals surface area contributed by atoms with E-state index in [2.05, 4.69) is 18.3 Å². The van der Waals surface area contributed by atoms with Gasteiger partial charge in [-0.1, -0.05) is 19.1 Å². The summed E-state index contributed by atoms with van der Waals surface area (Å²) in [6.45, 7) is 4.99. The molecule has 0 aliphatic heterocycles. The lowest BCUT2D eigenvalue weighted by atomic mass is 10.1. The van der Waals surface area contributed by atoms with Crippen molar-refractivity contribution in [3.8, 4) is 11.8 Å². The van der Waals surface area contributed by atoms with Crippen molar-refractivity contribution in [3.05, 3.63) is 23.8 Å². The fourth-order valence-electron chi connectivity index (χ4n) is 1.69.